The minimum absolute atomic E-state index is 0.203. The number of carbonyl (C=O) groups is 1. The number of carbonyl (C=O) groups excluding carboxylic acids is 1. The maximum atomic E-state index is 13.6. The van der Waals surface area contributed by atoms with Gasteiger partial charge in [0.15, 0.2) is 0 Å². The Morgan fingerprint density at radius 2 is 2.00 bits per heavy atom. The van der Waals surface area contributed by atoms with Crippen LogP contribution >= 0.6 is 11.8 Å². The standard InChI is InChI=1S/C17H15FN2OS/c1-12-2-7-16(15(18)8-12)20-17(21)11-22-10-14-5-3-13(9-19)4-6-14/h2-8H,10-11H2,1H3,(H,20,21). The number of rotatable bonds is 5. The van der Waals surface area contributed by atoms with Crippen molar-refractivity contribution >= 4 is 23.4 Å². The second-order valence-corrected chi connectivity index (χ2v) is 5.82. The fraction of sp³-hybridized carbons (Fsp3) is 0.176. The number of halogens is 1. The van der Waals surface area contributed by atoms with Gasteiger partial charge in [-0.15, -0.1) is 11.8 Å². The van der Waals surface area contributed by atoms with Gasteiger partial charge in [-0.1, -0.05) is 18.2 Å². The summed E-state index contributed by atoms with van der Waals surface area (Å²) in [7, 11) is 0. The predicted molar refractivity (Wildman–Crippen MR) is 87.1 cm³/mol. The maximum Gasteiger partial charge on any atom is 0.234 e. The first-order valence-corrected chi connectivity index (χ1v) is 7.87. The van der Waals surface area contributed by atoms with Gasteiger partial charge in [0.2, 0.25) is 5.91 Å². The zero-order valence-electron chi connectivity index (χ0n) is 12.1. The maximum absolute atomic E-state index is 13.6. The second-order valence-electron chi connectivity index (χ2n) is 4.83. The lowest BCUT2D eigenvalue weighted by Crippen LogP contribution is -2.15. The molecule has 0 unspecified atom stereocenters. The van der Waals surface area contributed by atoms with Crippen LogP contribution in [-0.2, 0) is 10.5 Å². The fourth-order valence-electron chi connectivity index (χ4n) is 1.84. The van der Waals surface area contributed by atoms with Crippen LogP contribution in [0.3, 0.4) is 0 Å². The third-order valence-corrected chi connectivity index (χ3v) is 3.99. The van der Waals surface area contributed by atoms with Gasteiger partial charge in [0.25, 0.3) is 0 Å². The largest absolute Gasteiger partial charge is 0.323 e. The van der Waals surface area contributed by atoms with Crippen LogP contribution in [0.25, 0.3) is 0 Å². The van der Waals surface area contributed by atoms with Crippen molar-refractivity contribution in [3.8, 4) is 6.07 Å². The molecule has 0 aliphatic heterocycles. The third-order valence-electron chi connectivity index (χ3n) is 2.98. The van der Waals surface area contributed by atoms with Crippen molar-refractivity contribution in [1.29, 1.82) is 5.26 Å². The number of nitriles is 1. The smallest absolute Gasteiger partial charge is 0.234 e. The summed E-state index contributed by atoms with van der Waals surface area (Å²) in [6.07, 6.45) is 0. The lowest BCUT2D eigenvalue weighted by Gasteiger charge is -2.07. The van der Waals surface area contributed by atoms with Gasteiger partial charge in [-0.2, -0.15) is 5.26 Å². The van der Waals surface area contributed by atoms with Gasteiger partial charge in [0.05, 0.1) is 23.1 Å². The van der Waals surface area contributed by atoms with Crippen LogP contribution in [0.2, 0.25) is 0 Å². The van der Waals surface area contributed by atoms with Crippen molar-refractivity contribution in [2.24, 2.45) is 0 Å². The molecule has 1 N–H and O–H groups in total. The Balaban J connectivity index is 1.81. The first kappa shape index (κ1) is 16.1. The molecular formula is C17H15FN2OS. The molecule has 1 amide bonds. The van der Waals surface area contributed by atoms with E-state index in [0.29, 0.717) is 11.3 Å². The molecule has 112 valence electrons. The van der Waals surface area contributed by atoms with E-state index in [4.69, 9.17) is 5.26 Å². The molecule has 0 aromatic heterocycles. The van der Waals surface area contributed by atoms with Crippen LogP contribution in [0.4, 0.5) is 10.1 Å². The van der Waals surface area contributed by atoms with Crippen molar-refractivity contribution in [1.82, 2.24) is 0 Å². The molecule has 0 saturated carbocycles. The number of nitrogens with one attached hydrogen (secondary N) is 1. The molecule has 22 heavy (non-hydrogen) atoms. The molecule has 0 fully saturated rings. The van der Waals surface area contributed by atoms with Gasteiger partial charge < -0.3 is 5.32 Å². The quantitative estimate of drug-likeness (QED) is 0.911. The van der Waals surface area contributed by atoms with E-state index in [-0.39, 0.29) is 17.3 Å². The van der Waals surface area contributed by atoms with E-state index in [1.807, 2.05) is 12.1 Å². The number of hydrogen-bond donors (Lipinski definition) is 1. The highest BCUT2D eigenvalue weighted by Gasteiger charge is 2.07. The summed E-state index contributed by atoms with van der Waals surface area (Å²) in [5, 5.41) is 11.3. The summed E-state index contributed by atoms with van der Waals surface area (Å²) in [6, 6.07) is 14.0. The summed E-state index contributed by atoms with van der Waals surface area (Å²) in [4.78, 5) is 11.8. The van der Waals surface area contributed by atoms with Crippen molar-refractivity contribution in [3.05, 3.63) is 65.0 Å². The number of benzene rings is 2. The minimum atomic E-state index is -0.426. The average Bonchev–Trinajstić information content (AvgIpc) is 2.51. The first-order valence-electron chi connectivity index (χ1n) is 6.71. The molecule has 2 aromatic carbocycles. The normalized spacial score (nSPS) is 10.0. The Bertz CT molecular complexity index is 708. The Hall–Kier alpha value is -2.32. The molecular weight excluding hydrogens is 299 g/mol. The van der Waals surface area contributed by atoms with Gasteiger partial charge in [-0.3, -0.25) is 4.79 Å². The molecule has 2 rings (SSSR count). The number of anilines is 1. The molecule has 2 aromatic rings. The molecule has 0 heterocycles. The monoisotopic (exact) mass is 314 g/mol. The van der Waals surface area contributed by atoms with Crippen LogP contribution in [-0.4, -0.2) is 11.7 Å². The zero-order valence-corrected chi connectivity index (χ0v) is 12.9. The van der Waals surface area contributed by atoms with E-state index in [1.54, 1.807) is 31.2 Å². The Kier molecular flexibility index (Phi) is 5.56. The first-order chi connectivity index (χ1) is 10.6. The van der Waals surface area contributed by atoms with E-state index >= 15 is 0 Å². The molecule has 0 aliphatic carbocycles. The second kappa shape index (κ2) is 7.62. The molecule has 3 nitrogen and oxygen atoms in total. The van der Waals surface area contributed by atoms with E-state index in [0.717, 1.165) is 11.1 Å². The SMILES string of the molecule is Cc1ccc(NC(=O)CSCc2ccc(C#N)cc2)c(F)c1. The van der Waals surface area contributed by atoms with Gasteiger partial charge >= 0.3 is 0 Å². The molecule has 0 bridgehead atoms. The highest BCUT2D eigenvalue weighted by molar-refractivity contribution is 7.99. The summed E-state index contributed by atoms with van der Waals surface area (Å²) in [6.45, 7) is 1.79. The van der Waals surface area contributed by atoms with E-state index in [1.165, 1.54) is 17.8 Å². The van der Waals surface area contributed by atoms with Crippen LogP contribution in [0.5, 0.6) is 0 Å². The molecule has 0 saturated heterocycles. The number of hydrogen-bond acceptors (Lipinski definition) is 3. The molecule has 0 atom stereocenters. The van der Waals surface area contributed by atoms with Crippen LogP contribution in [0, 0.1) is 24.1 Å². The van der Waals surface area contributed by atoms with E-state index < -0.39 is 5.82 Å². The summed E-state index contributed by atoms with van der Waals surface area (Å²) in [5.74, 6) is 0.245. The van der Waals surface area contributed by atoms with Gasteiger partial charge in [0, 0.05) is 5.75 Å². The van der Waals surface area contributed by atoms with Gasteiger partial charge in [-0.05, 0) is 42.3 Å². The highest BCUT2D eigenvalue weighted by atomic mass is 32.2. The summed E-state index contributed by atoms with van der Waals surface area (Å²) >= 11 is 1.44. The van der Waals surface area contributed by atoms with E-state index in [2.05, 4.69) is 11.4 Å². The van der Waals surface area contributed by atoms with Gasteiger partial charge in [0.1, 0.15) is 5.82 Å². The number of nitrogens with zero attached hydrogens (tertiary/aromatic N) is 1. The van der Waals surface area contributed by atoms with Crippen molar-refractivity contribution in [3.63, 3.8) is 0 Å². The lowest BCUT2D eigenvalue weighted by molar-refractivity contribution is -0.113. The average molecular weight is 314 g/mol. The van der Waals surface area contributed by atoms with Crippen molar-refractivity contribution < 1.29 is 9.18 Å². The van der Waals surface area contributed by atoms with Crippen LogP contribution in [0.1, 0.15) is 16.7 Å². The summed E-state index contributed by atoms with van der Waals surface area (Å²) < 4.78 is 13.6. The van der Waals surface area contributed by atoms with Crippen molar-refractivity contribution in [2.45, 2.75) is 12.7 Å². The molecule has 0 spiro atoms. The lowest BCUT2D eigenvalue weighted by atomic mass is 10.2. The Morgan fingerprint density at radius 1 is 1.27 bits per heavy atom. The third kappa shape index (κ3) is 4.61. The Labute approximate surface area is 133 Å². The predicted octanol–water partition coefficient (Wildman–Crippen LogP) is 3.88. The molecule has 5 heteroatoms. The number of thioether (sulfide) groups is 1. The topological polar surface area (TPSA) is 52.9 Å². The highest BCUT2D eigenvalue weighted by Crippen LogP contribution is 2.17. The minimum Gasteiger partial charge on any atom is -0.323 e. The zero-order chi connectivity index (χ0) is 15.9. The molecule has 0 radical (unpaired) electrons. The summed E-state index contributed by atoms with van der Waals surface area (Å²) in [5.41, 5.74) is 2.67. The number of aryl methyl sites for hydroxylation is 1. The Morgan fingerprint density at radius 3 is 2.64 bits per heavy atom. The van der Waals surface area contributed by atoms with Crippen LogP contribution in [0.15, 0.2) is 42.5 Å². The number of amides is 1. The van der Waals surface area contributed by atoms with E-state index in [9.17, 15) is 9.18 Å². The van der Waals surface area contributed by atoms with Crippen LogP contribution < -0.4 is 5.32 Å². The van der Waals surface area contributed by atoms with Gasteiger partial charge in [-0.25, -0.2) is 4.39 Å². The van der Waals surface area contributed by atoms with Crippen molar-refractivity contribution in [2.75, 3.05) is 11.1 Å². The molecule has 0 aliphatic rings. The fourth-order valence-corrected chi connectivity index (χ4v) is 2.63.